The fourth-order valence-corrected chi connectivity index (χ4v) is 4.53. The zero-order valence-corrected chi connectivity index (χ0v) is 23.2. The molecule has 2 aromatic carbocycles. The molecule has 3 aromatic rings. The van der Waals surface area contributed by atoms with Crippen LogP contribution in [0.4, 0.5) is 5.69 Å². The molecule has 4 heterocycles. The van der Waals surface area contributed by atoms with Crippen LogP contribution in [0.3, 0.4) is 0 Å². The Kier molecular flexibility index (Phi) is 8.13. The molecule has 3 aliphatic heterocycles. The lowest BCUT2D eigenvalue weighted by Crippen LogP contribution is -2.43. The van der Waals surface area contributed by atoms with Gasteiger partial charge in [-0.1, -0.05) is 6.07 Å². The van der Waals surface area contributed by atoms with Crippen molar-refractivity contribution in [3.63, 3.8) is 0 Å². The average molecular weight is 591 g/mol. The molecule has 2 fully saturated rings. The summed E-state index contributed by atoms with van der Waals surface area (Å²) in [4.78, 5) is 52.3. The standard InChI is InChI=1S/C34H16N5O6/c1-20-14-25(21(2)36(3)33(20)42)23-15-29(44-4)27(30(16-23)45-5)19-37-10-12-38(13-11-37)24-7-6-22-18-39(34(43)26(22)17-24)28-8-9-31(40)35-32(28)41/h6-7,14-17H,1-5H2. The van der Waals surface area contributed by atoms with E-state index in [4.69, 9.17) is 9.47 Å². The van der Waals surface area contributed by atoms with Crippen LogP contribution < -0.4 is 25.2 Å². The minimum atomic E-state index is -0.911. The molecule has 11 nitrogen and oxygen atoms in total. The number of carbonyl (C=O) groups excluding carboxylic acids is 3. The molecule has 2 saturated heterocycles. The molecule has 11 heteroatoms. The number of piperazine rings is 1. The van der Waals surface area contributed by atoms with Crippen molar-refractivity contribution in [2.75, 3.05) is 4.90 Å². The molecule has 0 unspecified atom stereocenters. The van der Waals surface area contributed by atoms with E-state index >= 15 is 0 Å². The molecular formula is C34H16N5O6. The van der Waals surface area contributed by atoms with Crippen molar-refractivity contribution in [1.82, 2.24) is 19.7 Å². The number of anilines is 1. The van der Waals surface area contributed by atoms with E-state index in [1.165, 1.54) is 9.80 Å². The maximum absolute atomic E-state index is 13.0. The third-order valence-electron chi connectivity index (χ3n) is 6.78. The number of aromatic nitrogens is 1. The summed E-state index contributed by atoms with van der Waals surface area (Å²) in [6, 6.07) is 9.47. The molecule has 0 N–H and O–H groups in total. The monoisotopic (exact) mass is 590 g/mol. The number of benzene rings is 2. The van der Waals surface area contributed by atoms with Gasteiger partial charge in [-0.25, -0.2) is 0 Å². The maximum atomic E-state index is 13.0. The van der Waals surface area contributed by atoms with Crippen molar-refractivity contribution < 1.29 is 23.9 Å². The molecule has 213 valence electrons. The van der Waals surface area contributed by atoms with Gasteiger partial charge in [0, 0.05) is 41.5 Å². The second-order valence-corrected chi connectivity index (χ2v) is 9.43. The summed E-state index contributed by atoms with van der Waals surface area (Å²) in [5, 5.41) is 3.27. The molecule has 0 aliphatic carbocycles. The van der Waals surface area contributed by atoms with Crippen molar-refractivity contribution >= 4 is 23.4 Å². The highest BCUT2D eigenvalue weighted by atomic mass is 16.5. The number of piperidine rings is 1. The van der Waals surface area contributed by atoms with E-state index in [9.17, 15) is 19.2 Å². The first-order valence-electron chi connectivity index (χ1n) is 12.7. The molecule has 0 saturated carbocycles. The average Bonchev–Trinajstić information content (AvgIpc) is 3.37. The van der Waals surface area contributed by atoms with Crippen molar-refractivity contribution in [1.29, 1.82) is 0 Å². The summed E-state index contributed by atoms with van der Waals surface area (Å²) in [7, 11) is 10.8. The van der Waals surface area contributed by atoms with E-state index in [1.54, 1.807) is 36.4 Å². The molecule has 6 rings (SSSR count). The smallest absolute Gasteiger partial charge is 0.278 e. The molecule has 45 heavy (non-hydrogen) atoms. The third-order valence-corrected chi connectivity index (χ3v) is 6.78. The summed E-state index contributed by atoms with van der Waals surface area (Å²) in [5.41, 5.74) is 2.79. The van der Waals surface area contributed by atoms with Gasteiger partial charge in [0.2, 0.25) is 0 Å². The van der Waals surface area contributed by atoms with Crippen LogP contribution in [-0.4, -0.2) is 32.1 Å². The van der Waals surface area contributed by atoms with Gasteiger partial charge in [-0.2, -0.15) is 5.32 Å². The van der Waals surface area contributed by atoms with Gasteiger partial charge in [0.25, 0.3) is 23.3 Å². The first kappa shape index (κ1) is 30.4. The van der Waals surface area contributed by atoms with E-state index in [1.807, 2.05) is 0 Å². The number of rotatable bonds is 7. The van der Waals surface area contributed by atoms with E-state index in [0.717, 1.165) is 9.47 Å². The number of hydrogen-bond donors (Lipinski definition) is 0. The topological polar surface area (TPSA) is 115 Å². The van der Waals surface area contributed by atoms with Crippen molar-refractivity contribution in [3.8, 4) is 22.6 Å². The largest absolute Gasteiger partial charge is 0.490 e. The number of ether oxygens (including phenoxy) is 2. The fraction of sp³-hybridized carbons (Fsp3) is 0. The molecule has 0 atom stereocenters. The number of amides is 3. The zero-order valence-electron chi connectivity index (χ0n) is 23.2. The second-order valence-electron chi connectivity index (χ2n) is 9.43. The van der Waals surface area contributed by atoms with Crippen LogP contribution in [0.15, 0.2) is 41.2 Å². The molecular weight excluding hydrogens is 574 g/mol. The predicted molar refractivity (Wildman–Crippen MR) is 154 cm³/mol. The minimum Gasteiger partial charge on any atom is -0.490 e. The van der Waals surface area contributed by atoms with Crippen molar-refractivity contribution in [2.45, 2.75) is 0 Å². The van der Waals surface area contributed by atoms with Crippen LogP contribution in [0.25, 0.3) is 11.1 Å². The van der Waals surface area contributed by atoms with Gasteiger partial charge in [-0.3, -0.25) is 24.1 Å². The first-order valence-corrected chi connectivity index (χ1v) is 12.7. The quantitative estimate of drug-likeness (QED) is 0.386. The predicted octanol–water partition coefficient (Wildman–Crippen LogP) is 2.43. The van der Waals surface area contributed by atoms with Gasteiger partial charge in [0.05, 0.1) is 25.1 Å². The highest BCUT2D eigenvalue weighted by Gasteiger charge is 2.43. The second kappa shape index (κ2) is 12.0. The summed E-state index contributed by atoms with van der Waals surface area (Å²) < 4.78 is 11.9. The Morgan fingerprint density at radius 1 is 0.844 bits per heavy atom. The number of carbonyl (C=O) groups is 3. The Labute approximate surface area is 262 Å². The van der Waals surface area contributed by atoms with Gasteiger partial charge in [-0.05, 0) is 55.3 Å². The number of nitrogens with zero attached hydrogens (tertiary/aromatic N) is 5. The highest BCUT2D eigenvalue weighted by Crippen LogP contribution is 2.40. The van der Waals surface area contributed by atoms with E-state index in [0.29, 0.717) is 33.6 Å². The lowest BCUT2D eigenvalue weighted by molar-refractivity contribution is -0.130. The third kappa shape index (κ3) is 5.56. The van der Waals surface area contributed by atoms with Crippen LogP contribution in [0.1, 0.15) is 32.7 Å². The Bertz CT molecular complexity index is 1730. The van der Waals surface area contributed by atoms with E-state index in [-0.39, 0.29) is 34.2 Å². The van der Waals surface area contributed by atoms with Crippen LogP contribution >= 0.6 is 0 Å². The zero-order chi connectivity index (χ0) is 32.0. The lowest BCUT2D eigenvalue weighted by atomic mass is 9.99. The fourth-order valence-electron chi connectivity index (χ4n) is 4.53. The maximum Gasteiger partial charge on any atom is 0.278 e. The number of pyridine rings is 1. The first-order chi connectivity index (χ1) is 21.6. The molecule has 3 amide bonds. The van der Waals surface area contributed by atoms with E-state index < -0.39 is 17.7 Å². The Balaban J connectivity index is 1.15. The van der Waals surface area contributed by atoms with Crippen molar-refractivity contribution in [2.24, 2.45) is 0 Å². The number of imide groups is 1. The van der Waals surface area contributed by atoms with Crippen LogP contribution in [0.2, 0.25) is 0 Å². The molecule has 0 bridgehead atoms. The van der Waals surface area contributed by atoms with Gasteiger partial charge >= 0.3 is 0 Å². The van der Waals surface area contributed by atoms with Gasteiger partial charge in [-0.15, -0.1) is 0 Å². The number of hydrogen-bond acceptors (Lipinski definition) is 8. The Morgan fingerprint density at radius 3 is 2.18 bits per heavy atom. The van der Waals surface area contributed by atoms with Crippen molar-refractivity contribution in [3.05, 3.63) is 168 Å². The van der Waals surface area contributed by atoms with Crippen LogP contribution in [-0.2, 0) is 9.59 Å². The SMILES string of the molecule is [CH2]Oc1cc(-c2cc([CH2])c(=O)n([CH2])c2[CH2])cc(O[CH2])c1[C]N1[C][C]N(c2ccc3c(c2)C(=O)N([C]2[C][C]C(=O)[N]C2=O)[C]3)[C][C]1. The Hall–Kier alpha value is -4.64. The summed E-state index contributed by atoms with van der Waals surface area (Å²) in [6.07, 6.45) is 4.53. The van der Waals surface area contributed by atoms with Crippen LogP contribution in [0, 0.1) is 93.3 Å². The van der Waals surface area contributed by atoms with Gasteiger partial charge < -0.3 is 23.8 Å². The lowest BCUT2D eigenvalue weighted by Gasteiger charge is -2.32. The van der Waals surface area contributed by atoms with Gasteiger partial charge in [0.1, 0.15) is 51.9 Å². The number of fused-ring (bicyclic) bond motifs is 1. The molecule has 3 aliphatic rings. The highest BCUT2D eigenvalue weighted by molar-refractivity contribution is 6.14. The van der Waals surface area contributed by atoms with E-state index in [2.05, 4.69) is 92.5 Å². The molecule has 0 spiro atoms. The Morgan fingerprint density at radius 2 is 1.53 bits per heavy atom. The minimum absolute atomic E-state index is 0.231. The summed E-state index contributed by atoms with van der Waals surface area (Å²) in [6.45, 7) is 24.9. The molecule has 1 aromatic heterocycles. The van der Waals surface area contributed by atoms with Crippen LogP contribution in [0.5, 0.6) is 11.5 Å². The normalized spacial score (nSPS) is 17.5. The molecule has 23 radical (unpaired) electrons. The summed E-state index contributed by atoms with van der Waals surface area (Å²) >= 11 is 0. The van der Waals surface area contributed by atoms with Gasteiger partial charge in [0.15, 0.2) is 6.04 Å². The summed E-state index contributed by atoms with van der Waals surface area (Å²) in [5.74, 6) is -1.86.